The second-order valence-electron chi connectivity index (χ2n) is 7.77. The molecular formula is C23H19ClF3NO3. The molecule has 0 saturated heterocycles. The zero-order chi connectivity index (χ0) is 22.8. The summed E-state index contributed by atoms with van der Waals surface area (Å²) in [5, 5.41) is 8.23. The van der Waals surface area contributed by atoms with Gasteiger partial charge in [-0.05, 0) is 35.6 Å². The molecule has 4 nitrogen and oxygen atoms in total. The largest absolute Gasteiger partial charge is 0.457 e. The molecule has 0 N–H and O–H groups in total. The monoisotopic (exact) mass is 449 g/mol. The summed E-state index contributed by atoms with van der Waals surface area (Å²) < 4.78 is 49.2. The molecule has 0 aliphatic heterocycles. The lowest BCUT2D eigenvalue weighted by Gasteiger charge is -2.13. The van der Waals surface area contributed by atoms with Crippen LogP contribution < -0.4 is 4.74 Å². The summed E-state index contributed by atoms with van der Waals surface area (Å²) in [6.07, 6.45) is -5.07. The van der Waals surface area contributed by atoms with Crippen LogP contribution in [0.4, 0.5) is 13.2 Å². The van der Waals surface area contributed by atoms with Crippen LogP contribution in [-0.4, -0.2) is 12.1 Å². The van der Waals surface area contributed by atoms with Crippen LogP contribution in [0.15, 0.2) is 65.7 Å². The van der Waals surface area contributed by atoms with E-state index in [9.17, 15) is 23.2 Å². The van der Waals surface area contributed by atoms with Gasteiger partial charge in [0.1, 0.15) is 22.6 Å². The van der Waals surface area contributed by atoms with Crippen molar-refractivity contribution in [2.45, 2.75) is 26.1 Å². The number of nitrogens with zero attached hydrogens (tertiary/aromatic N) is 1. The minimum atomic E-state index is -4.68. The number of hydrogen-bond acceptors (Lipinski definition) is 4. The maximum atomic E-state index is 12.7. The van der Waals surface area contributed by atoms with Crippen LogP contribution in [0.2, 0.25) is 0 Å². The number of esters is 1. The van der Waals surface area contributed by atoms with Gasteiger partial charge in [-0.2, -0.15) is 18.4 Å². The lowest BCUT2D eigenvalue weighted by molar-refractivity contribution is -0.149. The molecule has 1 fully saturated rings. The molecule has 0 heterocycles. The highest BCUT2D eigenvalue weighted by Crippen LogP contribution is 2.60. The van der Waals surface area contributed by atoms with Crippen molar-refractivity contribution in [3.8, 4) is 17.6 Å². The first kappa shape index (κ1) is 22.7. The molecule has 0 aromatic heterocycles. The van der Waals surface area contributed by atoms with Gasteiger partial charge in [-0.25, -0.2) is 0 Å². The molecule has 3 rings (SSSR count). The van der Waals surface area contributed by atoms with Crippen molar-refractivity contribution in [3.05, 3.63) is 71.3 Å². The molecule has 8 heteroatoms. The predicted octanol–water partition coefficient (Wildman–Crippen LogP) is 6.54. The predicted molar refractivity (Wildman–Crippen MR) is 108 cm³/mol. The van der Waals surface area contributed by atoms with Crippen LogP contribution >= 0.6 is 11.6 Å². The fourth-order valence-corrected chi connectivity index (χ4v) is 3.55. The number of nitriles is 1. The third-order valence-electron chi connectivity index (χ3n) is 5.25. The van der Waals surface area contributed by atoms with Crippen molar-refractivity contribution < 1.29 is 27.4 Å². The zero-order valence-corrected chi connectivity index (χ0v) is 17.4. The number of alkyl halides is 3. The zero-order valence-electron chi connectivity index (χ0n) is 16.7. The second-order valence-corrected chi connectivity index (χ2v) is 8.18. The molecular weight excluding hydrogens is 431 g/mol. The lowest BCUT2D eigenvalue weighted by atomic mass is 10.1. The van der Waals surface area contributed by atoms with E-state index in [4.69, 9.17) is 21.1 Å². The van der Waals surface area contributed by atoms with Crippen molar-refractivity contribution >= 4 is 17.6 Å². The number of carbonyl (C=O) groups is 1. The number of allylic oxidation sites excluding steroid dienone is 2. The highest BCUT2D eigenvalue weighted by Gasteiger charge is 2.62. The first-order valence-corrected chi connectivity index (χ1v) is 9.79. The Balaban J connectivity index is 1.72. The van der Waals surface area contributed by atoms with Crippen molar-refractivity contribution in [2.24, 2.45) is 17.3 Å². The quantitative estimate of drug-likeness (QED) is 0.469. The minimum Gasteiger partial charge on any atom is -0.457 e. The maximum Gasteiger partial charge on any atom is 0.426 e. The van der Waals surface area contributed by atoms with E-state index in [1.165, 1.54) is 0 Å². The molecule has 1 saturated carbocycles. The number of benzene rings is 2. The Labute approximate surface area is 182 Å². The number of rotatable bonds is 6. The second kappa shape index (κ2) is 8.64. The number of carbonyl (C=O) groups excluding carboxylic acids is 1. The Morgan fingerprint density at radius 2 is 1.81 bits per heavy atom. The smallest absolute Gasteiger partial charge is 0.426 e. The van der Waals surface area contributed by atoms with Crippen molar-refractivity contribution in [2.75, 3.05) is 0 Å². The minimum absolute atomic E-state index is 0.392. The Kier molecular flexibility index (Phi) is 6.33. The average Bonchev–Trinajstić information content (AvgIpc) is 3.26. The summed E-state index contributed by atoms with van der Waals surface area (Å²) in [4.78, 5) is 12.6. The summed E-state index contributed by atoms with van der Waals surface area (Å²) >= 11 is 5.32. The van der Waals surface area contributed by atoms with Crippen LogP contribution in [0.3, 0.4) is 0 Å². The molecule has 31 heavy (non-hydrogen) atoms. The van der Waals surface area contributed by atoms with Gasteiger partial charge < -0.3 is 9.47 Å². The van der Waals surface area contributed by atoms with Crippen LogP contribution in [0.25, 0.3) is 0 Å². The van der Waals surface area contributed by atoms with E-state index in [2.05, 4.69) is 0 Å². The Hall–Kier alpha value is -2.98. The topological polar surface area (TPSA) is 59.3 Å². The normalized spacial score (nSPS) is 21.0. The summed E-state index contributed by atoms with van der Waals surface area (Å²) in [6, 6.07) is 17.4. The molecule has 3 atom stereocenters. The fourth-order valence-electron chi connectivity index (χ4n) is 3.42. The van der Waals surface area contributed by atoms with Crippen molar-refractivity contribution in [1.82, 2.24) is 0 Å². The van der Waals surface area contributed by atoms with Gasteiger partial charge in [0.25, 0.3) is 0 Å². The molecule has 2 aromatic rings. The van der Waals surface area contributed by atoms with Crippen LogP contribution in [0, 0.1) is 28.6 Å². The fraction of sp³-hybridized carbons (Fsp3) is 0.304. The van der Waals surface area contributed by atoms with E-state index in [1.807, 2.05) is 24.3 Å². The molecule has 1 aliphatic rings. The number of halogens is 4. The number of para-hydroxylation sites is 1. The van der Waals surface area contributed by atoms with Crippen molar-refractivity contribution in [1.29, 1.82) is 5.26 Å². The highest BCUT2D eigenvalue weighted by molar-refractivity contribution is 6.30. The van der Waals surface area contributed by atoms with Crippen LogP contribution in [0.1, 0.15) is 25.5 Å². The van der Waals surface area contributed by atoms with E-state index in [0.717, 1.165) is 6.08 Å². The Morgan fingerprint density at radius 1 is 1.16 bits per heavy atom. The van der Waals surface area contributed by atoms with Gasteiger partial charge in [-0.3, -0.25) is 4.79 Å². The average molecular weight is 450 g/mol. The lowest BCUT2D eigenvalue weighted by Crippen LogP contribution is -2.14. The first-order chi connectivity index (χ1) is 14.5. The molecule has 0 spiro atoms. The Morgan fingerprint density at radius 3 is 2.42 bits per heavy atom. The van der Waals surface area contributed by atoms with Gasteiger partial charge in [-0.1, -0.05) is 61.9 Å². The van der Waals surface area contributed by atoms with Gasteiger partial charge >= 0.3 is 12.1 Å². The SMILES string of the molecule is CC1(C)[C@H](C=C(Cl)C(F)(F)F)[C@H]1C(=O)OC(C#N)c1cccc(Oc2ccccc2)c1. The van der Waals surface area contributed by atoms with E-state index in [-0.39, 0.29) is 0 Å². The third kappa shape index (κ3) is 5.20. The van der Waals surface area contributed by atoms with Crippen LogP contribution in [0.5, 0.6) is 11.5 Å². The maximum absolute atomic E-state index is 12.7. The molecule has 2 aromatic carbocycles. The molecule has 1 aliphatic carbocycles. The van der Waals surface area contributed by atoms with Gasteiger partial charge in [0.2, 0.25) is 6.10 Å². The number of hydrogen-bond donors (Lipinski definition) is 0. The summed E-state index contributed by atoms with van der Waals surface area (Å²) in [5.74, 6) is -1.27. The molecule has 1 unspecified atom stereocenters. The van der Waals surface area contributed by atoms with Gasteiger partial charge in [0.15, 0.2) is 0 Å². The summed E-state index contributed by atoms with van der Waals surface area (Å²) in [5.41, 5.74) is -0.371. The summed E-state index contributed by atoms with van der Waals surface area (Å²) in [6.45, 7) is 3.30. The van der Waals surface area contributed by atoms with Gasteiger partial charge in [0.05, 0.1) is 5.92 Å². The van der Waals surface area contributed by atoms with E-state index >= 15 is 0 Å². The standard InChI is InChI=1S/C23H19ClF3NO3/c1-22(2)17(12-19(24)23(25,26)27)20(22)21(29)31-18(13-28)14-7-6-10-16(11-14)30-15-8-4-3-5-9-15/h3-12,17-18,20H,1-2H3/t17-,18?,20+/m1/s1. The molecule has 162 valence electrons. The van der Waals surface area contributed by atoms with E-state index < -0.39 is 40.5 Å². The Bertz CT molecular complexity index is 1030. The van der Waals surface area contributed by atoms with E-state index in [0.29, 0.717) is 17.1 Å². The van der Waals surface area contributed by atoms with Gasteiger partial charge in [0, 0.05) is 5.56 Å². The van der Waals surface area contributed by atoms with E-state index in [1.54, 1.807) is 50.2 Å². The molecule has 0 bridgehead atoms. The first-order valence-electron chi connectivity index (χ1n) is 9.41. The summed E-state index contributed by atoms with van der Waals surface area (Å²) in [7, 11) is 0. The van der Waals surface area contributed by atoms with Gasteiger partial charge in [-0.15, -0.1) is 0 Å². The van der Waals surface area contributed by atoms with Crippen LogP contribution in [-0.2, 0) is 9.53 Å². The number of ether oxygens (including phenoxy) is 2. The third-order valence-corrected chi connectivity index (χ3v) is 5.59. The van der Waals surface area contributed by atoms with Crippen molar-refractivity contribution in [3.63, 3.8) is 0 Å². The molecule has 0 radical (unpaired) electrons. The molecule has 0 amide bonds. The highest BCUT2D eigenvalue weighted by atomic mass is 35.5.